The lowest BCUT2D eigenvalue weighted by Gasteiger charge is -2.31. The molecular formula is C9H16F3N3O. The van der Waals surface area contributed by atoms with Crippen molar-refractivity contribution in [3.63, 3.8) is 0 Å². The number of piperidine rings is 1. The summed E-state index contributed by atoms with van der Waals surface area (Å²) in [6.45, 7) is -0.276. The van der Waals surface area contributed by atoms with Crippen molar-refractivity contribution >= 4 is 6.03 Å². The van der Waals surface area contributed by atoms with E-state index in [2.05, 4.69) is 5.32 Å². The maximum absolute atomic E-state index is 11.9. The molecule has 0 unspecified atom stereocenters. The molecule has 1 aliphatic rings. The maximum atomic E-state index is 11.9. The number of nitrogens with one attached hydrogen (secondary N) is 2. The van der Waals surface area contributed by atoms with Gasteiger partial charge in [0.2, 0.25) is 0 Å². The second-order valence-electron chi connectivity index (χ2n) is 3.82. The standard InChI is InChI=1S/C9H16F3N3O/c1-13-7-2-4-15(5-3-7)8(16)14-6-9(10,11)12/h7,13H,2-6H2,1H3,(H,14,16). The Kier molecular flexibility index (Phi) is 4.40. The summed E-state index contributed by atoms with van der Waals surface area (Å²) >= 11 is 0. The van der Waals surface area contributed by atoms with E-state index in [-0.39, 0.29) is 0 Å². The minimum atomic E-state index is -4.35. The van der Waals surface area contributed by atoms with Crippen LogP contribution < -0.4 is 10.6 Å². The fourth-order valence-corrected chi connectivity index (χ4v) is 1.66. The topological polar surface area (TPSA) is 44.4 Å². The smallest absolute Gasteiger partial charge is 0.329 e. The molecule has 0 aromatic heterocycles. The average molecular weight is 239 g/mol. The quantitative estimate of drug-likeness (QED) is 0.753. The van der Waals surface area contributed by atoms with E-state index in [4.69, 9.17) is 0 Å². The van der Waals surface area contributed by atoms with Gasteiger partial charge in [0.1, 0.15) is 6.54 Å². The summed E-state index contributed by atoms with van der Waals surface area (Å²) in [5.41, 5.74) is 0. The molecule has 0 saturated carbocycles. The summed E-state index contributed by atoms with van der Waals surface area (Å²) < 4.78 is 35.6. The molecule has 94 valence electrons. The van der Waals surface area contributed by atoms with Gasteiger partial charge in [-0.25, -0.2) is 4.79 Å². The highest BCUT2D eigenvalue weighted by atomic mass is 19.4. The molecule has 4 nitrogen and oxygen atoms in total. The molecule has 0 aromatic rings. The van der Waals surface area contributed by atoms with E-state index in [1.165, 1.54) is 4.90 Å². The van der Waals surface area contributed by atoms with Gasteiger partial charge in [0, 0.05) is 19.1 Å². The number of likely N-dealkylation sites (tertiary alicyclic amines) is 1. The van der Waals surface area contributed by atoms with Crippen LogP contribution in [0.5, 0.6) is 0 Å². The Morgan fingerprint density at radius 2 is 1.94 bits per heavy atom. The zero-order valence-electron chi connectivity index (χ0n) is 9.10. The van der Waals surface area contributed by atoms with E-state index in [1.807, 2.05) is 12.4 Å². The first-order valence-corrected chi connectivity index (χ1v) is 5.19. The summed E-state index contributed by atoms with van der Waals surface area (Å²) in [5, 5.41) is 4.95. The first kappa shape index (κ1) is 13.1. The fourth-order valence-electron chi connectivity index (χ4n) is 1.66. The lowest BCUT2D eigenvalue weighted by Crippen LogP contribution is -2.49. The Balaban J connectivity index is 2.28. The van der Waals surface area contributed by atoms with Crippen LogP contribution in [0.25, 0.3) is 0 Å². The van der Waals surface area contributed by atoms with Gasteiger partial charge in [-0.3, -0.25) is 0 Å². The van der Waals surface area contributed by atoms with Gasteiger partial charge in [-0.05, 0) is 19.9 Å². The molecular weight excluding hydrogens is 223 g/mol. The van der Waals surface area contributed by atoms with Crippen LogP contribution in [0.15, 0.2) is 0 Å². The molecule has 0 spiro atoms. The number of rotatable bonds is 2. The van der Waals surface area contributed by atoms with E-state index >= 15 is 0 Å². The van der Waals surface area contributed by atoms with Crippen LogP contribution in [-0.2, 0) is 0 Å². The van der Waals surface area contributed by atoms with E-state index in [9.17, 15) is 18.0 Å². The van der Waals surface area contributed by atoms with Crippen molar-refractivity contribution in [2.75, 3.05) is 26.7 Å². The third kappa shape index (κ3) is 4.26. The van der Waals surface area contributed by atoms with Crippen LogP contribution in [0.3, 0.4) is 0 Å². The van der Waals surface area contributed by atoms with Crippen LogP contribution in [-0.4, -0.2) is 49.8 Å². The minimum absolute atomic E-state index is 0.353. The van der Waals surface area contributed by atoms with Crippen LogP contribution in [0.1, 0.15) is 12.8 Å². The molecule has 0 aromatic carbocycles. The number of hydrogen-bond acceptors (Lipinski definition) is 2. The molecule has 7 heteroatoms. The first-order valence-electron chi connectivity index (χ1n) is 5.19. The van der Waals surface area contributed by atoms with Gasteiger partial charge >= 0.3 is 12.2 Å². The highest BCUT2D eigenvalue weighted by Gasteiger charge is 2.29. The lowest BCUT2D eigenvalue weighted by atomic mass is 10.1. The monoisotopic (exact) mass is 239 g/mol. The van der Waals surface area contributed by atoms with Crippen molar-refractivity contribution in [1.82, 2.24) is 15.5 Å². The Bertz CT molecular complexity index is 237. The summed E-state index contributed by atoms with van der Waals surface area (Å²) in [7, 11) is 1.84. The van der Waals surface area contributed by atoms with E-state index in [0.29, 0.717) is 19.1 Å². The lowest BCUT2D eigenvalue weighted by molar-refractivity contribution is -0.123. The number of halogens is 3. The van der Waals surface area contributed by atoms with Crippen molar-refractivity contribution < 1.29 is 18.0 Å². The highest BCUT2D eigenvalue weighted by molar-refractivity contribution is 5.74. The van der Waals surface area contributed by atoms with Crippen molar-refractivity contribution in [2.45, 2.75) is 25.1 Å². The summed E-state index contributed by atoms with van der Waals surface area (Å²) in [5.74, 6) is 0. The van der Waals surface area contributed by atoms with Gasteiger partial charge < -0.3 is 15.5 Å². The largest absolute Gasteiger partial charge is 0.405 e. The molecule has 1 saturated heterocycles. The maximum Gasteiger partial charge on any atom is 0.405 e. The second-order valence-corrected chi connectivity index (χ2v) is 3.82. The Labute approximate surface area is 92.2 Å². The molecule has 2 N–H and O–H groups in total. The van der Waals surface area contributed by atoms with Crippen molar-refractivity contribution in [3.05, 3.63) is 0 Å². The van der Waals surface area contributed by atoms with Crippen molar-refractivity contribution in [3.8, 4) is 0 Å². The molecule has 2 amide bonds. The van der Waals surface area contributed by atoms with E-state index in [1.54, 1.807) is 0 Å². The van der Waals surface area contributed by atoms with Gasteiger partial charge in [-0.2, -0.15) is 13.2 Å². The van der Waals surface area contributed by atoms with Crippen LogP contribution in [0, 0.1) is 0 Å². The molecule has 1 fully saturated rings. The van der Waals surface area contributed by atoms with Gasteiger partial charge in [-0.1, -0.05) is 0 Å². The number of nitrogens with zero attached hydrogens (tertiary/aromatic N) is 1. The second kappa shape index (κ2) is 5.38. The van der Waals surface area contributed by atoms with Gasteiger partial charge in [0.25, 0.3) is 0 Å². The predicted octanol–water partition coefficient (Wildman–Crippen LogP) is 0.942. The Morgan fingerprint density at radius 1 is 1.38 bits per heavy atom. The number of urea groups is 1. The zero-order valence-corrected chi connectivity index (χ0v) is 9.10. The molecule has 0 atom stereocenters. The molecule has 0 aliphatic carbocycles. The Morgan fingerprint density at radius 3 is 2.38 bits per heavy atom. The third-order valence-electron chi connectivity index (χ3n) is 2.63. The van der Waals surface area contributed by atoms with Crippen LogP contribution in [0.4, 0.5) is 18.0 Å². The average Bonchev–Trinajstić information content (AvgIpc) is 2.25. The van der Waals surface area contributed by atoms with Crippen molar-refractivity contribution in [2.24, 2.45) is 0 Å². The zero-order chi connectivity index (χ0) is 12.2. The molecule has 1 aliphatic heterocycles. The van der Waals surface area contributed by atoms with Crippen molar-refractivity contribution in [1.29, 1.82) is 0 Å². The molecule has 0 radical (unpaired) electrons. The van der Waals surface area contributed by atoms with Gasteiger partial charge in [0.05, 0.1) is 0 Å². The summed E-state index contributed by atoms with van der Waals surface area (Å²) in [6, 6.07) is -0.279. The van der Waals surface area contributed by atoms with Crippen LogP contribution >= 0.6 is 0 Å². The third-order valence-corrected chi connectivity index (χ3v) is 2.63. The van der Waals surface area contributed by atoms with Gasteiger partial charge in [0.15, 0.2) is 0 Å². The fraction of sp³-hybridized carbons (Fsp3) is 0.889. The predicted molar refractivity (Wildman–Crippen MR) is 53.1 cm³/mol. The molecule has 16 heavy (non-hydrogen) atoms. The Hall–Kier alpha value is -0.980. The highest BCUT2D eigenvalue weighted by Crippen LogP contribution is 2.13. The number of alkyl halides is 3. The van der Waals surface area contributed by atoms with E-state index < -0.39 is 18.8 Å². The normalized spacial score (nSPS) is 18.6. The number of carbonyl (C=O) groups is 1. The van der Waals surface area contributed by atoms with Crippen LogP contribution in [0.2, 0.25) is 0 Å². The molecule has 0 bridgehead atoms. The first-order chi connectivity index (χ1) is 7.42. The summed E-state index contributed by atoms with van der Waals surface area (Å²) in [6.07, 6.45) is -2.80. The molecule has 1 heterocycles. The SMILES string of the molecule is CNC1CCN(C(=O)NCC(F)(F)F)CC1. The number of carbonyl (C=O) groups excluding carboxylic acids is 1. The molecule has 1 rings (SSSR count). The number of hydrogen-bond donors (Lipinski definition) is 2. The summed E-state index contributed by atoms with van der Waals surface area (Å²) in [4.78, 5) is 12.8. The minimum Gasteiger partial charge on any atom is -0.329 e. The van der Waals surface area contributed by atoms with Gasteiger partial charge in [-0.15, -0.1) is 0 Å². The number of amides is 2. The van der Waals surface area contributed by atoms with E-state index in [0.717, 1.165) is 12.8 Å².